The van der Waals surface area contributed by atoms with Crippen LogP contribution in [0.15, 0.2) is 12.1 Å². The zero-order valence-electron chi connectivity index (χ0n) is 8.78. The Kier molecular flexibility index (Phi) is 4.83. The van der Waals surface area contributed by atoms with Gasteiger partial charge in [-0.2, -0.15) is 0 Å². The van der Waals surface area contributed by atoms with E-state index in [0.29, 0.717) is 21.4 Å². The summed E-state index contributed by atoms with van der Waals surface area (Å²) in [5, 5.41) is 9.77. The largest absolute Gasteiger partial charge is 0.495 e. The SMILES string of the molecule is COc1c(Cl)cc(Cl)cc1C(N)C(N)CO. The van der Waals surface area contributed by atoms with Crippen molar-refractivity contribution in [1.29, 1.82) is 0 Å². The Morgan fingerprint density at radius 1 is 1.38 bits per heavy atom. The van der Waals surface area contributed by atoms with E-state index in [2.05, 4.69) is 0 Å². The molecule has 0 heterocycles. The lowest BCUT2D eigenvalue weighted by molar-refractivity contribution is 0.248. The van der Waals surface area contributed by atoms with E-state index in [4.69, 9.17) is 44.5 Å². The van der Waals surface area contributed by atoms with Crippen molar-refractivity contribution < 1.29 is 9.84 Å². The zero-order chi connectivity index (χ0) is 12.3. The van der Waals surface area contributed by atoms with E-state index in [1.165, 1.54) is 7.11 Å². The van der Waals surface area contributed by atoms with Gasteiger partial charge in [-0.1, -0.05) is 23.2 Å². The molecule has 6 heteroatoms. The van der Waals surface area contributed by atoms with E-state index in [-0.39, 0.29) is 6.61 Å². The summed E-state index contributed by atoms with van der Waals surface area (Å²) < 4.78 is 5.14. The van der Waals surface area contributed by atoms with Gasteiger partial charge in [0.05, 0.1) is 24.8 Å². The Labute approximate surface area is 104 Å². The molecule has 90 valence electrons. The molecule has 2 unspecified atom stereocenters. The van der Waals surface area contributed by atoms with Crippen LogP contribution in [0.3, 0.4) is 0 Å². The highest BCUT2D eigenvalue weighted by Crippen LogP contribution is 2.35. The van der Waals surface area contributed by atoms with Crippen molar-refractivity contribution in [3.05, 3.63) is 27.7 Å². The minimum absolute atomic E-state index is 0.228. The predicted octanol–water partition coefficient (Wildman–Crippen LogP) is 1.32. The molecule has 4 nitrogen and oxygen atoms in total. The van der Waals surface area contributed by atoms with Gasteiger partial charge >= 0.3 is 0 Å². The summed E-state index contributed by atoms with van der Waals surface area (Å²) in [4.78, 5) is 0. The summed E-state index contributed by atoms with van der Waals surface area (Å²) in [6, 6.07) is 2.01. The molecule has 0 aliphatic heterocycles. The minimum atomic E-state index is -0.594. The number of hydrogen-bond acceptors (Lipinski definition) is 4. The van der Waals surface area contributed by atoms with E-state index in [1.54, 1.807) is 12.1 Å². The van der Waals surface area contributed by atoms with Crippen molar-refractivity contribution >= 4 is 23.2 Å². The predicted molar refractivity (Wildman–Crippen MR) is 65.0 cm³/mol. The van der Waals surface area contributed by atoms with E-state index < -0.39 is 12.1 Å². The number of hydrogen-bond donors (Lipinski definition) is 3. The lowest BCUT2D eigenvalue weighted by atomic mass is 10.0. The summed E-state index contributed by atoms with van der Waals surface area (Å²) in [6.07, 6.45) is 0. The van der Waals surface area contributed by atoms with Gasteiger partial charge in [0, 0.05) is 16.6 Å². The molecule has 0 fully saturated rings. The van der Waals surface area contributed by atoms with Gasteiger partial charge in [-0.25, -0.2) is 0 Å². The lowest BCUT2D eigenvalue weighted by Crippen LogP contribution is -2.37. The average Bonchev–Trinajstić information content (AvgIpc) is 2.26. The number of halogens is 2. The Morgan fingerprint density at radius 2 is 2.00 bits per heavy atom. The topological polar surface area (TPSA) is 81.5 Å². The van der Waals surface area contributed by atoms with Crippen LogP contribution >= 0.6 is 23.2 Å². The Balaban J connectivity index is 3.20. The molecule has 0 aliphatic carbocycles. The van der Waals surface area contributed by atoms with Crippen LogP contribution in [0.25, 0.3) is 0 Å². The van der Waals surface area contributed by atoms with Crippen molar-refractivity contribution in [3.63, 3.8) is 0 Å². The van der Waals surface area contributed by atoms with Crippen LogP contribution < -0.4 is 16.2 Å². The second kappa shape index (κ2) is 5.70. The first-order valence-electron chi connectivity index (χ1n) is 4.66. The maximum atomic E-state index is 8.96. The molecular weight excluding hydrogens is 251 g/mol. The van der Waals surface area contributed by atoms with Crippen LogP contribution in [0.5, 0.6) is 5.75 Å². The fourth-order valence-electron chi connectivity index (χ4n) is 1.39. The summed E-state index contributed by atoms with van der Waals surface area (Å²) >= 11 is 11.8. The van der Waals surface area contributed by atoms with E-state index in [9.17, 15) is 0 Å². The fraction of sp³-hybridized carbons (Fsp3) is 0.400. The second-order valence-electron chi connectivity index (χ2n) is 3.38. The summed E-state index contributed by atoms with van der Waals surface area (Å²) in [6.45, 7) is -0.228. The van der Waals surface area contributed by atoms with Crippen LogP contribution in [0.1, 0.15) is 11.6 Å². The Bertz CT molecular complexity index is 374. The van der Waals surface area contributed by atoms with E-state index in [0.717, 1.165) is 0 Å². The van der Waals surface area contributed by atoms with Crippen LogP contribution in [0.2, 0.25) is 10.0 Å². The summed E-state index contributed by atoms with van der Waals surface area (Å²) in [7, 11) is 1.48. The van der Waals surface area contributed by atoms with E-state index >= 15 is 0 Å². The maximum Gasteiger partial charge on any atom is 0.142 e. The highest BCUT2D eigenvalue weighted by atomic mass is 35.5. The van der Waals surface area contributed by atoms with Crippen molar-refractivity contribution in [2.75, 3.05) is 13.7 Å². The van der Waals surface area contributed by atoms with Gasteiger partial charge in [0.1, 0.15) is 5.75 Å². The number of rotatable bonds is 4. The molecule has 0 spiro atoms. The number of ether oxygens (including phenoxy) is 1. The fourth-order valence-corrected chi connectivity index (χ4v) is 1.97. The van der Waals surface area contributed by atoms with Crippen LogP contribution in [0, 0.1) is 0 Å². The highest BCUT2D eigenvalue weighted by molar-refractivity contribution is 6.35. The van der Waals surface area contributed by atoms with Gasteiger partial charge in [0.15, 0.2) is 0 Å². The van der Waals surface area contributed by atoms with E-state index in [1.807, 2.05) is 0 Å². The monoisotopic (exact) mass is 264 g/mol. The third-order valence-electron chi connectivity index (χ3n) is 2.27. The van der Waals surface area contributed by atoms with Crippen LogP contribution in [-0.2, 0) is 0 Å². The Morgan fingerprint density at radius 3 is 2.50 bits per heavy atom. The van der Waals surface area contributed by atoms with Crippen LogP contribution in [-0.4, -0.2) is 24.9 Å². The lowest BCUT2D eigenvalue weighted by Gasteiger charge is -2.21. The smallest absolute Gasteiger partial charge is 0.142 e. The number of methoxy groups -OCH3 is 1. The first-order valence-corrected chi connectivity index (χ1v) is 5.41. The van der Waals surface area contributed by atoms with Gasteiger partial charge in [-0.05, 0) is 12.1 Å². The van der Waals surface area contributed by atoms with Gasteiger partial charge in [0.25, 0.3) is 0 Å². The molecule has 0 radical (unpaired) electrons. The second-order valence-corrected chi connectivity index (χ2v) is 4.23. The normalized spacial score (nSPS) is 14.6. The number of nitrogens with two attached hydrogens (primary N) is 2. The van der Waals surface area contributed by atoms with Gasteiger partial charge < -0.3 is 21.3 Å². The Hall–Kier alpha value is -0.520. The molecule has 5 N–H and O–H groups in total. The molecule has 0 aromatic heterocycles. The third-order valence-corrected chi connectivity index (χ3v) is 2.77. The summed E-state index contributed by atoms with van der Waals surface area (Å²) in [5.41, 5.74) is 12.1. The molecule has 1 rings (SSSR count). The van der Waals surface area contributed by atoms with Crippen molar-refractivity contribution in [1.82, 2.24) is 0 Å². The molecule has 2 atom stereocenters. The molecule has 0 amide bonds. The maximum absolute atomic E-state index is 8.96. The van der Waals surface area contributed by atoms with Gasteiger partial charge in [-0.15, -0.1) is 0 Å². The van der Waals surface area contributed by atoms with Gasteiger partial charge in [-0.3, -0.25) is 0 Å². The van der Waals surface area contributed by atoms with Crippen molar-refractivity contribution in [2.24, 2.45) is 11.5 Å². The number of benzene rings is 1. The number of aliphatic hydroxyl groups excluding tert-OH is 1. The minimum Gasteiger partial charge on any atom is -0.495 e. The van der Waals surface area contributed by atoms with Crippen molar-refractivity contribution in [2.45, 2.75) is 12.1 Å². The van der Waals surface area contributed by atoms with Gasteiger partial charge in [0.2, 0.25) is 0 Å². The van der Waals surface area contributed by atoms with Crippen LogP contribution in [0.4, 0.5) is 0 Å². The number of aliphatic hydroxyl groups is 1. The average molecular weight is 265 g/mol. The standard InChI is InChI=1S/C10H14Cl2N2O2/c1-16-10-6(9(14)8(13)4-15)2-5(11)3-7(10)12/h2-3,8-9,15H,4,13-14H2,1H3. The molecular formula is C10H14Cl2N2O2. The first kappa shape index (κ1) is 13.5. The molecule has 16 heavy (non-hydrogen) atoms. The molecule has 1 aromatic carbocycles. The summed E-state index contributed by atoms with van der Waals surface area (Å²) in [5.74, 6) is 0.433. The highest BCUT2D eigenvalue weighted by Gasteiger charge is 2.21. The van der Waals surface area contributed by atoms with Crippen molar-refractivity contribution in [3.8, 4) is 5.75 Å². The molecule has 1 aromatic rings. The molecule has 0 saturated heterocycles. The zero-order valence-corrected chi connectivity index (χ0v) is 10.3. The molecule has 0 saturated carbocycles. The first-order chi connectivity index (χ1) is 7.51. The third kappa shape index (κ3) is 2.78. The quantitative estimate of drug-likeness (QED) is 0.766. The molecule has 0 aliphatic rings. The molecule has 0 bridgehead atoms.